The van der Waals surface area contributed by atoms with E-state index in [1.807, 2.05) is 49.4 Å². The molecule has 138 valence electrons. The van der Waals surface area contributed by atoms with Crippen LogP contribution in [0.25, 0.3) is 5.57 Å². The molecule has 0 radical (unpaired) electrons. The molecule has 2 rings (SSSR count). The summed E-state index contributed by atoms with van der Waals surface area (Å²) in [4.78, 5) is 12.0. The van der Waals surface area contributed by atoms with Crippen LogP contribution in [-0.4, -0.2) is 27.1 Å². The number of rotatable bonds is 8. The van der Waals surface area contributed by atoms with Crippen LogP contribution in [0.1, 0.15) is 24.5 Å². The van der Waals surface area contributed by atoms with Crippen molar-refractivity contribution < 1.29 is 13.2 Å². The fourth-order valence-corrected chi connectivity index (χ4v) is 3.05. The van der Waals surface area contributed by atoms with Gasteiger partial charge in [0, 0.05) is 18.3 Å². The number of hydrogen-bond donors (Lipinski definition) is 2. The van der Waals surface area contributed by atoms with E-state index in [-0.39, 0.29) is 5.91 Å². The summed E-state index contributed by atoms with van der Waals surface area (Å²) in [5.74, 6) is -0.0981. The first-order chi connectivity index (χ1) is 12.3. The first-order valence-electron chi connectivity index (χ1n) is 8.42. The van der Waals surface area contributed by atoms with Gasteiger partial charge < -0.3 is 5.32 Å². The first-order valence-corrected chi connectivity index (χ1v) is 10.3. The van der Waals surface area contributed by atoms with Crippen molar-refractivity contribution in [1.29, 1.82) is 0 Å². The van der Waals surface area contributed by atoms with Crippen molar-refractivity contribution in [3.63, 3.8) is 0 Å². The van der Waals surface area contributed by atoms with Crippen LogP contribution in [0.2, 0.25) is 0 Å². The van der Waals surface area contributed by atoms with Crippen LogP contribution >= 0.6 is 0 Å². The Labute approximate surface area is 155 Å². The Hall–Kier alpha value is -2.60. The molecule has 0 saturated heterocycles. The molecular weight excluding hydrogens is 348 g/mol. The molecule has 1 amide bonds. The van der Waals surface area contributed by atoms with Crippen LogP contribution in [0.3, 0.4) is 0 Å². The van der Waals surface area contributed by atoms with Crippen LogP contribution in [0.5, 0.6) is 0 Å². The zero-order valence-electron chi connectivity index (χ0n) is 15.0. The lowest BCUT2D eigenvalue weighted by molar-refractivity contribution is -0.116. The molecule has 0 unspecified atom stereocenters. The molecule has 2 aromatic rings. The maximum absolute atomic E-state index is 12.0. The number of carbonyl (C=O) groups is 1. The van der Waals surface area contributed by atoms with Gasteiger partial charge in [-0.1, -0.05) is 42.5 Å². The summed E-state index contributed by atoms with van der Waals surface area (Å²) < 4.78 is 24.8. The van der Waals surface area contributed by atoms with Crippen molar-refractivity contribution in [1.82, 2.24) is 5.32 Å². The monoisotopic (exact) mass is 372 g/mol. The molecule has 2 aromatic carbocycles. The Balaban J connectivity index is 1.75. The quantitative estimate of drug-likeness (QED) is 0.552. The van der Waals surface area contributed by atoms with Gasteiger partial charge in [-0.15, -0.1) is 0 Å². The third-order valence-corrected chi connectivity index (χ3v) is 4.38. The minimum atomic E-state index is -3.25. The van der Waals surface area contributed by atoms with E-state index in [9.17, 15) is 13.2 Å². The number of anilines is 1. The van der Waals surface area contributed by atoms with E-state index in [1.165, 1.54) is 0 Å². The number of amides is 1. The zero-order valence-corrected chi connectivity index (χ0v) is 15.8. The number of sulfonamides is 1. The number of nitrogens with one attached hydrogen (secondary N) is 2. The number of aryl methyl sites for hydroxylation is 1. The minimum Gasteiger partial charge on any atom is -0.353 e. The summed E-state index contributed by atoms with van der Waals surface area (Å²) in [6.07, 6.45) is 4.35. The van der Waals surface area contributed by atoms with Crippen LogP contribution in [0.15, 0.2) is 60.7 Å². The molecule has 0 aliphatic heterocycles. The summed E-state index contributed by atoms with van der Waals surface area (Å²) in [7, 11) is -3.25. The summed E-state index contributed by atoms with van der Waals surface area (Å²) in [6, 6.07) is 17.0. The number of hydrogen-bond acceptors (Lipinski definition) is 3. The summed E-state index contributed by atoms with van der Waals surface area (Å²) in [5.41, 5.74) is 3.60. The Bertz CT molecular complexity index is 858. The Morgan fingerprint density at radius 1 is 1.04 bits per heavy atom. The summed E-state index contributed by atoms with van der Waals surface area (Å²) >= 11 is 0. The van der Waals surface area contributed by atoms with E-state index in [2.05, 4.69) is 10.0 Å². The second-order valence-corrected chi connectivity index (χ2v) is 7.91. The third kappa shape index (κ3) is 7.11. The SMILES string of the molecule is C/C(=C\C(=O)NCCCc1ccc(NS(C)(=O)=O)cc1)c1ccccc1. The molecule has 0 aliphatic carbocycles. The smallest absolute Gasteiger partial charge is 0.244 e. The second-order valence-electron chi connectivity index (χ2n) is 6.16. The standard InChI is InChI=1S/C20H24N2O3S/c1-16(18-8-4-3-5-9-18)15-20(23)21-14-6-7-17-10-12-19(13-11-17)22-26(2,24)25/h3-5,8-13,15,22H,6-7,14H2,1-2H3,(H,21,23)/b16-15+. The summed E-state index contributed by atoms with van der Waals surface area (Å²) in [6.45, 7) is 2.50. The normalized spacial score (nSPS) is 11.8. The lowest BCUT2D eigenvalue weighted by Crippen LogP contribution is -2.22. The van der Waals surface area contributed by atoms with E-state index in [0.29, 0.717) is 12.2 Å². The Kier molecular flexibility index (Phi) is 6.97. The average molecular weight is 372 g/mol. The van der Waals surface area contributed by atoms with Gasteiger partial charge in [0.15, 0.2) is 0 Å². The number of carbonyl (C=O) groups excluding carboxylic acids is 1. The Morgan fingerprint density at radius 3 is 2.31 bits per heavy atom. The molecule has 5 nitrogen and oxygen atoms in total. The molecule has 0 atom stereocenters. The molecular formula is C20H24N2O3S. The van der Waals surface area contributed by atoms with Crippen molar-refractivity contribution in [3.05, 3.63) is 71.8 Å². The van der Waals surface area contributed by atoms with Crippen molar-refractivity contribution in [2.45, 2.75) is 19.8 Å². The molecule has 0 saturated carbocycles. The van der Waals surface area contributed by atoms with Crippen LogP contribution in [0.4, 0.5) is 5.69 Å². The molecule has 6 heteroatoms. The van der Waals surface area contributed by atoms with Gasteiger partial charge in [-0.3, -0.25) is 9.52 Å². The minimum absolute atomic E-state index is 0.0981. The lowest BCUT2D eigenvalue weighted by atomic mass is 10.1. The predicted molar refractivity (Wildman–Crippen MR) is 106 cm³/mol. The van der Waals surface area contributed by atoms with E-state index in [0.717, 1.165) is 35.8 Å². The highest BCUT2D eigenvalue weighted by atomic mass is 32.2. The van der Waals surface area contributed by atoms with Gasteiger partial charge in [-0.05, 0) is 48.6 Å². The first kappa shape index (κ1) is 19.7. The average Bonchev–Trinajstić information content (AvgIpc) is 2.59. The Morgan fingerprint density at radius 2 is 1.69 bits per heavy atom. The maximum Gasteiger partial charge on any atom is 0.244 e. The molecule has 0 aromatic heterocycles. The van der Waals surface area contributed by atoms with Crippen LogP contribution in [0, 0.1) is 0 Å². The van der Waals surface area contributed by atoms with Crippen LogP contribution in [-0.2, 0) is 21.2 Å². The van der Waals surface area contributed by atoms with Crippen molar-refractivity contribution in [2.75, 3.05) is 17.5 Å². The number of benzene rings is 2. The molecule has 0 heterocycles. The van der Waals surface area contributed by atoms with Gasteiger partial charge in [0.25, 0.3) is 0 Å². The van der Waals surface area contributed by atoms with Gasteiger partial charge in [0.1, 0.15) is 0 Å². The molecule has 0 aliphatic rings. The predicted octanol–water partition coefficient (Wildman–Crippen LogP) is 3.21. The second kappa shape index (κ2) is 9.20. The molecule has 26 heavy (non-hydrogen) atoms. The van der Waals surface area contributed by atoms with E-state index < -0.39 is 10.0 Å². The topological polar surface area (TPSA) is 75.3 Å². The van der Waals surface area contributed by atoms with Gasteiger partial charge in [0.05, 0.1) is 6.26 Å². The number of allylic oxidation sites excluding steroid dienone is 1. The highest BCUT2D eigenvalue weighted by Gasteiger charge is 2.02. The largest absolute Gasteiger partial charge is 0.353 e. The molecule has 0 bridgehead atoms. The van der Waals surface area contributed by atoms with Crippen LogP contribution < -0.4 is 10.0 Å². The van der Waals surface area contributed by atoms with Crippen molar-refractivity contribution in [2.24, 2.45) is 0 Å². The van der Waals surface area contributed by atoms with E-state index in [1.54, 1.807) is 18.2 Å². The molecule has 0 fully saturated rings. The van der Waals surface area contributed by atoms with Gasteiger partial charge in [-0.25, -0.2) is 8.42 Å². The highest BCUT2D eigenvalue weighted by molar-refractivity contribution is 7.92. The maximum atomic E-state index is 12.0. The van der Waals surface area contributed by atoms with Gasteiger partial charge >= 0.3 is 0 Å². The fraction of sp³-hybridized carbons (Fsp3) is 0.250. The fourth-order valence-electron chi connectivity index (χ4n) is 2.49. The van der Waals surface area contributed by atoms with E-state index >= 15 is 0 Å². The zero-order chi connectivity index (χ0) is 19.0. The van der Waals surface area contributed by atoms with Crippen molar-refractivity contribution in [3.8, 4) is 0 Å². The van der Waals surface area contributed by atoms with Gasteiger partial charge in [0.2, 0.25) is 15.9 Å². The molecule has 2 N–H and O–H groups in total. The lowest BCUT2D eigenvalue weighted by Gasteiger charge is -2.07. The highest BCUT2D eigenvalue weighted by Crippen LogP contribution is 2.13. The van der Waals surface area contributed by atoms with Crippen molar-refractivity contribution >= 4 is 27.2 Å². The van der Waals surface area contributed by atoms with E-state index in [4.69, 9.17) is 0 Å². The third-order valence-electron chi connectivity index (χ3n) is 3.78. The van der Waals surface area contributed by atoms with Gasteiger partial charge in [-0.2, -0.15) is 0 Å². The molecule has 0 spiro atoms. The summed E-state index contributed by atoms with van der Waals surface area (Å²) in [5, 5.41) is 2.89.